The molecule has 0 amide bonds. The van der Waals surface area contributed by atoms with Crippen molar-refractivity contribution >= 4 is 50.0 Å². The van der Waals surface area contributed by atoms with Gasteiger partial charge in [-0.15, -0.1) is 11.3 Å². The number of nitrogens with zero attached hydrogens (tertiary/aromatic N) is 2. The first kappa shape index (κ1) is 13.7. The Morgan fingerprint density at radius 1 is 1.24 bits per heavy atom. The van der Waals surface area contributed by atoms with E-state index in [1.807, 2.05) is 24.3 Å². The maximum absolute atomic E-state index is 10.8. The molecular weight excluding hydrogens is 308 g/mol. The van der Waals surface area contributed by atoms with Crippen LogP contribution < -0.4 is 0 Å². The molecule has 0 aliphatic rings. The maximum Gasteiger partial charge on any atom is 0.270 e. The van der Waals surface area contributed by atoms with Crippen molar-refractivity contribution < 1.29 is 4.92 Å². The molecule has 1 heterocycles. The van der Waals surface area contributed by atoms with E-state index in [0.29, 0.717) is 15.6 Å². The SMILES string of the molecule is O=[N+]([O-])c1cccc(/C=C(\Cl)c2nc3ccccc3s2)c1. The topological polar surface area (TPSA) is 56.0 Å². The predicted molar refractivity (Wildman–Crippen MR) is 86.4 cm³/mol. The summed E-state index contributed by atoms with van der Waals surface area (Å²) in [6.07, 6.45) is 1.69. The minimum Gasteiger partial charge on any atom is -0.258 e. The van der Waals surface area contributed by atoms with Crippen molar-refractivity contribution in [2.24, 2.45) is 0 Å². The molecule has 3 rings (SSSR count). The van der Waals surface area contributed by atoms with Crippen LogP contribution in [-0.2, 0) is 0 Å². The van der Waals surface area contributed by atoms with Crippen LogP contribution in [0.1, 0.15) is 10.6 Å². The highest BCUT2D eigenvalue weighted by Crippen LogP contribution is 2.30. The Balaban J connectivity index is 1.98. The van der Waals surface area contributed by atoms with Gasteiger partial charge in [0.2, 0.25) is 0 Å². The molecule has 0 atom stereocenters. The molecule has 2 aromatic carbocycles. The third-order valence-corrected chi connectivity index (χ3v) is 4.34. The zero-order valence-electron chi connectivity index (χ0n) is 10.7. The van der Waals surface area contributed by atoms with Gasteiger partial charge in [0.15, 0.2) is 0 Å². The molecule has 21 heavy (non-hydrogen) atoms. The lowest BCUT2D eigenvalue weighted by atomic mass is 10.2. The summed E-state index contributed by atoms with van der Waals surface area (Å²) in [5.41, 5.74) is 1.61. The van der Waals surface area contributed by atoms with Crippen molar-refractivity contribution in [3.63, 3.8) is 0 Å². The zero-order valence-corrected chi connectivity index (χ0v) is 12.3. The second-order valence-corrected chi connectivity index (χ2v) is 5.77. The first-order chi connectivity index (χ1) is 10.1. The highest BCUT2D eigenvalue weighted by molar-refractivity contribution is 7.20. The Morgan fingerprint density at radius 2 is 2.05 bits per heavy atom. The Morgan fingerprint density at radius 3 is 2.81 bits per heavy atom. The van der Waals surface area contributed by atoms with Crippen LogP contribution in [0.15, 0.2) is 48.5 Å². The van der Waals surface area contributed by atoms with E-state index in [0.717, 1.165) is 10.2 Å². The second-order valence-electron chi connectivity index (χ2n) is 4.33. The van der Waals surface area contributed by atoms with Gasteiger partial charge in [0.05, 0.1) is 20.2 Å². The van der Waals surface area contributed by atoms with Gasteiger partial charge in [0.1, 0.15) is 5.01 Å². The fourth-order valence-corrected chi connectivity index (χ4v) is 3.07. The Kier molecular flexibility index (Phi) is 3.68. The number of hydrogen-bond acceptors (Lipinski definition) is 4. The predicted octanol–water partition coefficient (Wildman–Crippen LogP) is 4.94. The number of hydrogen-bond donors (Lipinski definition) is 0. The largest absolute Gasteiger partial charge is 0.270 e. The molecule has 0 saturated carbocycles. The van der Waals surface area contributed by atoms with Gasteiger partial charge in [0.25, 0.3) is 5.69 Å². The van der Waals surface area contributed by atoms with Crippen molar-refractivity contribution in [1.82, 2.24) is 4.98 Å². The van der Waals surface area contributed by atoms with E-state index in [4.69, 9.17) is 11.6 Å². The van der Waals surface area contributed by atoms with Crippen LogP contribution >= 0.6 is 22.9 Å². The van der Waals surface area contributed by atoms with Gasteiger partial charge in [-0.1, -0.05) is 35.9 Å². The molecule has 0 N–H and O–H groups in total. The summed E-state index contributed by atoms with van der Waals surface area (Å²) in [5, 5.41) is 11.9. The molecule has 6 heteroatoms. The van der Waals surface area contributed by atoms with Crippen LogP contribution in [0.5, 0.6) is 0 Å². The Bertz CT molecular complexity index is 825. The smallest absolute Gasteiger partial charge is 0.258 e. The van der Waals surface area contributed by atoms with Gasteiger partial charge in [-0.2, -0.15) is 0 Å². The summed E-state index contributed by atoms with van der Waals surface area (Å²) in [6.45, 7) is 0. The molecule has 1 aromatic heterocycles. The number of nitro benzene ring substituents is 1. The van der Waals surface area contributed by atoms with Gasteiger partial charge in [-0.05, 0) is 23.8 Å². The molecule has 0 spiro atoms. The van der Waals surface area contributed by atoms with Gasteiger partial charge < -0.3 is 0 Å². The summed E-state index contributed by atoms with van der Waals surface area (Å²) >= 11 is 7.77. The second kappa shape index (κ2) is 5.63. The van der Waals surface area contributed by atoms with E-state index >= 15 is 0 Å². The molecular formula is C15H9ClN2O2S. The fraction of sp³-hybridized carbons (Fsp3) is 0. The normalized spacial score (nSPS) is 11.8. The number of para-hydroxylation sites is 1. The monoisotopic (exact) mass is 316 g/mol. The average molecular weight is 317 g/mol. The molecule has 0 radical (unpaired) electrons. The van der Waals surface area contributed by atoms with Crippen molar-refractivity contribution in [1.29, 1.82) is 0 Å². The van der Waals surface area contributed by atoms with Crippen molar-refractivity contribution in [2.45, 2.75) is 0 Å². The number of benzene rings is 2. The molecule has 0 unspecified atom stereocenters. The summed E-state index contributed by atoms with van der Waals surface area (Å²) in [6, 6.07) is 14.1. The summed E-state index contributed by atoms with van der Waals surface area (Å²) in [4.78, 5) is 14.8. The summed E-state index contributed by atoms with van der Waals surface area (Å²) in [7, 11) is 0. The number of fused-ring (bicyclic) bond motifs is 1. The highest BCUT2D eigenvalue weighted by atomic mass is 35.5. The molecule has 0 aliphatic heterocycles. The number of halogens is 1. The minimum atomic E-state index is -0.428. The minimum absolute atomic E-state index is 0.0394. The quantitative estimate of drug-likeness (QED) is 0.508. The van der Waals surface area contributed by atoms with Gasteiger partial charge >= 0.3 is 0 Å². The first-order valence-corrected chi connectivity index (χ1v) is 7.30. The first-order valence-electron chi connectivity index (χ1n) is 6.11. The van der Waals surface area contributed by atoms with Crippen molar-refractivity contribution in [3.8, 4) is 0 Å². The van der Waals surface area contributed by atoms with Crippen LogP contribution in [0.3, 0.4) is 0 Å². The van der Waals surface area contributed by atoms with Gasteiger partial charge in [0, 0.05) is 12.1 Å². The van der Waals surface area contributed by atoms with E-state index in [-0.39, 0.29) is 5.69 Å². The summed E-state index contributed by atoms with van der Waals surface area (Å²) in [5.74, 6) is 0. The standard InChI is InChI=1S/C15H9ClN2O2S/c16-12(9-10-4-3-5-11(8-10)18(19)20)15-17-13-6-1-2-7-14(13)21-15/h1-9H/b12-9-. The molecule has 0 fully saturated rings. The van der Waals surface area contributed by atoms with Crippen LogP contribution in [0.2, 0.25) is 0 Å². The van der Waals surface area contributed by atoms with E-state index in [2.05, 4.69) is 4.98 Å². The van der Waals surface area contributed by atoms with Gasteiger partial charge in [-0.3, -0.25) is 10.1 Å². The van der Waals surface area contributed by atoms with E-state index in [9.17, 15) is 10.1 Å². The maximum atomic E-state index is 10.8. The number of aromatic nitrogens is 1. The Labute approximate surface area is 129 Å². The zero-order chi connectivity index (χ0) is 14.8. The van der Waals surface area contributed by atoms with Crippen LogP contribution in [-0.4, -0.2) is 9.91 Å². The van der Waals surface area contributed by atoms with Crippen LogP contribution in [0, 0.1) is 10.1 Å². The molecule has 104 valence electrons. The van der Waals surface area contributed by atoms with E-state index in [1.165, 1.54) is 23.5 Å². The van der Waals surface area contributed by atoms with E-state index in [1.54, 1.807) is 18.2 Å². The molecule has 0 saturated heterocycles. The van der Waals surface area contributed by atoms with Crippen molar-refractivity contribution in [3.05, 3.63) is 69.2 Å². The van der Waals surface area contributed by atoms with Crippen LogP contribution in [0.25, 0.3) is 21.3 Å². The molecule has 4 nitrogen and oxygen atoms in total. The van der Waals surface area contributed by atoms with Crippen LogP contribution in [0.4, 0.5) is 5.69 Å². The third-order valence-electron chi connectivity index (χ3n) is 2.87. The Hall–Kier alpha value is -2.24. The number of rotatable bonds is 3. The van der Waals surface area contributed by atoms with Crippen molar-refractivity contribution in [2.75, 3.05) is 0 Å². The van der Waals surface area contributed by atoms with E-state index < -0.39 is 4.92 Å². The molecule has 0 aliphatic carbocycles. The molecule has 0 bridgehead atoms. The lowest BCUT2D eigenvalue weighted by Gasteiger charge is -1.96. The number of nitro groups is 1. The van der Waals surface area contributed by atoms with Gasteiger partial charge in [-0.25, -0.2) is 4.98 Å². The number of thiazole rings is 1. The lowest BCUT2D eigenvalue weighted by molar-refractivity contribution is -0.384. The average Bonchev–Trinajstić information content (AvgIpc) is 2.91. The summed E-state index contributed by atoms with van der Waals surface area (Å²) < 4.78 is 1.05. The lowest BCUT2D eigenvalue weighted by Crippen LogP contribution is -1.87. The highest BCUT2D eigenvalue weighted by Gasteiger charge is 2.08. The fourth-order valence-electron chi connectivity index (χ4n) is 1.91. The number of non-ortho nitro benzene ring substituents is 1. The molecule has 3 aromatic rings. The third kappa shape index (κ3) is 2.94.